The fourth-order valence-corrected chi connectivity index (χ4v) is 4.95. The summed E-state index contributed by atoms with van der Waals surface area (Å²) < 4.78 is 30.6. The van der Waals surface area contributed by atoms with Crippen LogP contribution >= 0.6 is 0 Å². The van der Waals surface area contributed by atoms with Crippen molar-refractivity contribution in [2.24, 2.45) is 0 Å². The molecule has 0 spiro atoms. The van der Waals surface area contributed by atoms with Gasteiger partial charge in [0.25, 0.3) is 0 Å². The molecular formula is C33H36F2N8. The highest BCUT2D eigenvalue weighted by Gasteiger charge is 2.20. The standard InChI is InChI=1S/C33H36F2N8/c1-19(2)39-26-14-23(16-36-17-26)33-31(35)30-29(18-38-33)41-42-32(30)21(4)40-28-9-7-8-27(20(28)3)22-12-24(34)15-25(13-22)37-10-11-43(5)6/h7-9,12-19,37,39-40H,4,10-11H2,1-3,5-6H3,(H,41,42). The third kappa shape index (κ3) is 6.65. The number of pyridine rings is 2. The molecule has 0 fully saturated rings. The van der Waals surface area contributed by atoms with Crippen molar-refractivity contribution in [3.05, 3.63) is 90.5 Å². The quantitative estimate of drug-likeness (QED) is 0.131. The first kappa shape index (κ1) is 29.7. The Morgan fingerprint density at radius 1 is 1.02 bits per heavy atom. The molecule has 5 rings (SSSR count). The van der Waals surface area contributed by atoms with Gasteiger partial charge in [0.1, 0.15) is 17.2 Å². The van der Waals surface area contributed by atoms with Gasteiger partial charge in [-0.2, -0.15) is 5.10 Å². The number of anilines is 3. The van der Waals surface area contributed by atoms with Crippen LogP contribution in [0.2, 0.25) is 0 Å². The molecule has 5 aromatic rings. The topological polar surface area (TPSA) is 93.8 Å². The van der Waals surface area contributed by atoms with Crippen LogP contribution < -0.4 is 16.0 Å². The van der Waals surface area contributed by atoms with E-state index in [1.807, 2.05) is 65.2 Å². The van der Waals surface area contributed by atoms with Gasteiger partial charge in [-0.25, -0.2) is 8.78 Å². The average Bonchev–Trinajstić information content (AvgIpc) is 3.39. The van der Waals surface area contributed by atoms with Crippen LogP contribution in [0.15, 0.2) is 67.6 Å². The van der Waals surface area contributed by atoms with Crippen LogP contribution in [0.5, 0.6) is 0 Å². The molecule has 0 saturated heterocycles. The van der Waals surface area contributed by atoms with E-state index >= 15 is 4.39 Å². The molecule has 2 aromatic carbocycles. The monoisotopic (exact) mass is 582 g/mol. The molecule has 0 bridgehead atoms. The van der Waals surface area contributed by atoms with Gasteiger partial charge in [-0.3, -0.25) is 15.1 Å². The Labute approximate surface area is 250 Å². The summed E-state index contributed by atoms with van der Waals surface area (Å²) in [5.74, 6) is -0.845. The summed E-state index contributed by atoms with van der Waals surface area (Å²) >= 11 is 0. The number of hydrogen-bond donors (Lipinski definition) is 4. The second-order valence-corrected chi connectivity index (χ2v) is 11.1. The van der Waals surface area contributed by atoms with Gasteiger partial charge in [0.05, 0.1) is 28.5 Å². The van der Waals surface area contributed by atoms with E-state index in [1.54, 1.807) is 18.6 Å². The van der Waals surface area contributed by atoms with Gasteiger partial charge in [-0.15, -0.1) is 0 Å². The Balaban J connectivity index is 1.44. The zero-order valence-corrected chi connectivity index (χ0v) is 25.0. The predicted molar refractivity (Wildman–Crippen MR) is 172 cm³/mol. The molecule has 0 aliphatic carbocycles. The highest BCUT2D eigenvalue weighted by atomic mass is 19.1. The number of halogens is 2. The molecule has 8 nitrogen and oxygen atoms in total. The van der Waals surface area contributed by atoms with Gasteiger partial charge < -0.3 is 20.9 Å². The van der Waals surface area contributed by atoms with Crippen molar-refractivity contribution in [2.75, 3.05) is 43.1 Å². The molecule has 222 valence electrons. The van der Waals surface area contributed by atoms with Gasteiger partial charge in [0, 0.05) is 48.5 Å². The number of nitrogens with zero attached hydrogens (tertiary/aromatic N) is 4. The van der Waals surface area contributed by atoms with E-state index in [0.717, 1.165) is 34.6 Å². The van der Waals surface area contributed by atoms with Crippen molar-refractivity contribution in [1.29, 1.82) is 0 Å². The van der Waals surface area contributed by atoms with Crippen molar-refractivity contribution < 1.29 is 8.78 Å². The molecule has 0 aliphatic rings. The maximum atomic E-state index is 16.0. The van der Waals surface area contributed by atoms with Crippen molar-refractivity contribution in [1.82, 2.24) is 25.1 Å². The number of rotatable bonds is 11. The number of aromatic nitrogens is 4. The summed E-state index contributed by atoms with van der Waals surface area (Å²) in [5, 5.41) is 17.4. The van der Waals surface area contributed by atoms with E-state index in [0.29, 0.717) is 34.7 Å². The summed E-state index contributed by atoms with van der Waals surface area (Å²) in [7, 11) is 3.98. The Morgan fingerprint density at radius 3 is 2.58 bits per heavy atom. The smallest absolute Gasteiger partial charge is 0.161 e. The predicted octanol–water partition coefficient (Wildman–Crippen LogP) is 7.15. The minimum absolute atomic E-state index is 0.169. The number of hydrogen-bond acceptors (Lipinski definition) is 7. The molecule has 0 unspecified atom stereocenters. The second-order valence-electron chi connectivity index (χ2n) is 11.1. The lowest BCUT2D eigenvalue weighted by atomic mass is 9.98. The second kappa shape index (κ2) is 12.6. The molecule has 0 amide bonds. The van der Waals surface area contributed by atoms with E-state index < -0.39 is 5.82 Å². The fraction of sp³-hybridized carbons (Fsp3) is 0.242. The fourth-order valence-electron chi connectivity index (χ4n) is 4.95. The zero-order chi connectivity index (χ0) is 30.7. The van der Waals surface area contributed by atoms with Crippen molar-refractivity contribution in [3.8, 4) is 22.4 Å². The van der Waals surface area contributed by atoms with Crippen molar-refractivity contribution >= 4 is 33.7 Å². The van der Waals surface area contributed by atoms with Crippen LogP contribution in [0.4, 0.5) is 25.8 Å². The van der Waals surface area contributed by atoms with E-state index in [9.17, 15) is 4.39 Å². The third-order valence-electron chi connectivity index (χ3n) is 7.01. The number of benzene rings is 2. The minimum atomic E-state index is -0.521. The molecule has 43 heavy (non-hydrogen) atoms. The van der Waals surface area contributed by atoms with Crippen LogP contribution in [0.3, 0.4) is 0 Å². The molecular weight excluding hydrogens is 546 g/mol. The van der Waals surface area contributed by atoms with Gasteiger partial charge in [0.2, 0.25) is 0 Å². The van der Waals surface area contributed by atoms with Crippen LogP contribution in [-0.4, -0.2) is 58.3 Å². The number of nitrogens with one attached hydrogen (secondary N) is 4. The van der Waals surface area contributed by atoms with Crippen LogP contribution in [0, 0.1) is 18.6 Å². The number of likely N-dealkylation sites (N-methyl/N-ethyl adjacent to an activating group) is 1. The Bertz CT molecular complexity index is 1780. The van der Waals surface area contributed by atoms with Crippen molar-refractivity contribution in [2.45, 2.75) is 26.8 Å². The molecule has 10 heteroatoms. The highest BCUT2D eigenvalue weighted by Crippen LogP contribution is 2.34. The first-order valence-corrected chi connectivity index (χ1v) is 14.1. The number of fused-ring (bicyclic) bond motifs is 1. The Kier molecular flexibility index (Phi) is 8.68. The van der Waals surface area contributed by atoms with Crippen LogP contribution in [0.1, 0.15) is 25.1 Å². The molecule has 4 N–H and O–H groups in total. The van der Waals surface area contributed by atoms with Crippen LogP contribution in [-0.2, 0) is 0 Å². The summed E-state index contributed by atoms with van der Waals surface area (Å²) in [6, 6.07) is 12.7. The lowest BCUT2D eigenvalue weighted by molar-refractivity contribution is 0.425. The van der Waals surface area contributed by atoms with E-state index in [2.05, 4.69) is 47.6 Å². The van der Waals surface area contributed by atoms with E-state index in [4.69, 9.17) is 0 Å². The maximum absolute atomic E-state index is 16.0. The SMILES string of the molecule is C=C(Nc1cccc(-c2cc(F)cc(NCCN(C)C)c2)c1C)c1n[nH]c2cnc(-c3cncc(NC(C)C)c3)c(F)c12. The summed E-state index contributed by atoms with van der Waals surface area (Å²) in [6.45, 7) is 11.7. The molecule has 3 aromatic heterocycles. The maximum Gasteiger partial charge on any atom is 0.161 e. The molecule has 0 aliphatic heterocycles. The van der Waals surface area contributed by atoms with Crippen molar-refractivity contribution in [3.63, 3.8) is 0 Å². The highest BCUT2D eigenvalue weighted by molar-refractivity contribution is 5.95. The van der Waals surface area contributed by atoms with Gasteiger partial charge in [0.15, 0.2) is 5.82 Å². The van der Waals surface area contributed by atoms with Gasteiger partial charge in [-0.05, 0) is 81.9 Å². The lowest BCUT2D eigenvalue weighted by Gasteiger charge is -2.16. The molecule has 3 heterocycles. The lowest BCUT2D eigenvalue weighted by Crippen LogP contribution is -2.20. The molecule has 0 saturated carbocycles. The van der Waals surface area contributed by atoms with Gasteiger partial charge in [-0.1, -0.05) is 18.7 Å². The first-order valence-electron chi connectivity index (χ1n) is 14.1. The van der Waals surface area contributed by atoms with Gasteiger partial charge >= 0.3 is 0 Å². The largest absolute Gasteiger partial charge is 0.384 e. The molecule has 0 atom stereocenters. The average molecular weight is 583 g/mol. The number of H-pyrrole nitrogens is 1. The third-order valence-corrected chi connectivity index (χ3v) is 7.01. The Morgan fingerprint density at radius 2 is 1.81 bits per heavy atom. The zero-order valence-electron chi connectivity index (χ0n) is 25.0. The first-order chi connectivity index (χ1) is 20.6. The summed E-state index contributed by atoms with van der Waals surface area (Å²) in [6.07, 6.45) is 4.83. The van der Waals surface area contributed by atoms with E-state index in [-0.39, 0.29) is 22.9 Å². The van der Waals surface area contributed by atoms with E-state index in [1.165, 1.54) is 12.1 Å². The summed E-state index contributed by atoms with van der Waals surface area (Å²) in [5.41, 5.74) is 6.63. The normalized spacial score (nSPS) is 11.4. The molecule has 0 radical (unpaired) electrons. The summed E-state index contributed by atoms with van der Waals surface area (Å²) in [4.78, 5) is 10.7. The minimum Gasteiger partial charge on any atom is -0.384 e. The Hall–Kier alpha value is -4.83. The number of aromatic amines is 1. The van der Waals surface area contributed by atoms with Crippen LogP contribution in [0.25, 0.3) is 39.0 Å².